The maximum Gasteiger partial charge on any atom is 0.109 e. The largest absolute Gasteiger partial charge is 0.322 e. The van der Waals surface area contributed by atoms with Gasteiger partial charge in [0.1, 0.15) is 6.67 Å². The fourth-order valence-corrected chi connectivity index (χ4v) is 1.09. The summed E-state index contributed by atoms with van der Waals surface area (Å²) in [6, 6.07) is 7.30. The molecule has 0 aliphatic rings. The lowest BCUT2D eigenvalue weighted by Gasteiger charge is -2.07. The van der Waals surface area contributed by atoms with Gasteiger partial charge in [0.2, 0.25) is 0 Å². The van der Waals surface area contributed by atoms with Gasteiger partial charge in [0, 0.05) is 0 Å². The van der Waals surface area contributed by atoms with Crippen molar-refractivity contribution in [2.75, 3.05) is 6.67 Å². The molecular formula is C10H15ClFN. The summed E-state index contributed by atoms with van der Waals surface area (Å²) < 4.78 is 12.1. The standard InChI is InChI=1S/C10H14FN.ClH/c1-2-8-3-5-9(6-4-8)10(12)7-11;/h3-6,10H,2,7,12H2,1H3;1H/t10-;/m0./s1. The maximum absolute atomic E-state index is 12.1. The number of hydrogen-bond donors (Lipinski definition) is 1. The molecule has 0 spiro atoms. The molecule has 3 heteroatoms. The van der Waals surface area contributed by atoms with Gasteiger partial charge in [0.15, 0.2) is 0 Å². The number of hydrogen-bond acceptors (Lipinski definition) is 1. The van der Waals surface area contributed by atoms with Crippen LogP contribution in [0.15, 0.2) is 24.3 Å². The first kappa shape index (κ1) is 12.4. The van der Waals surface area contributed by atoms with E-state index in [9.17, 15) is 4.39 Å². The third-order valence-corrected chi connectivity index (χ3v) is 1.98. The molecule has 2 N–H and O–H groups in total. The Morgan fingerprint density at radius 2 is 1.85 bits per heavy atom. The van der Waals surface area contributed by atoms with Gasteiger partial charge in [-0.3, -0.25) is 0 Å². The van der Waals surface area contributed by atoms with E-state index in [0.717, 1.165) is 12.0 Å². The third kappa shape index (κ3) is 3.33. The van der Waals surface area contributed by atoms with Gasteiger partial charge < -0.3 is 5.73 Å². The summed E-state index contributed by atoms with van der Waals surface area (Å²) in [6.45, 7) is 1.59. The van der Waals surface area contributed by atoms with E-state index in [1.54, 1.807) is 0 Å². The highest BCUT2D eigenvalue weighted by Crippen LogP contribution is 2.12. The summed E-state index contributed by atoms with van der Waals surface area (Å²) >= 11 is 0. The van der Waals surface area contributed by atoms with Crippen molar-refractivity contribution in [1.29, 1.82) is 0 Å². The second kappa shape index (κ2) is 5.95. The number of rotatable bonds is 3. The zero-order valence-corrected chi connectivity index (χ0v) is 8.48. The van der Waals surface area contributed by atoms with E-state index in [1.165, 1.54) is 5.56 Å². The van der Waals surface area contributed by atoms with E-state index < -0.39 is 12.7 Å². The molecule has 0 fully saturated rings. The molecule has 1 aromatic rings. The Bertz CT molecular complexity index is 235. The molecule has 0 aromatic heterocycles. The van der Waals surface area contributed by atoms with Gasteiger partial charge in [-0.05, 0) is 17.5 Å². The van der Waals surface area contributed by atoms with Crippen LogP contribution in [-0.4, -0.2) is 6.67 Å². The van der Waals surface area contributed by atoms with E-state index in [2.05, 4.69) is 6.92 Å². The van der Waals surface area contributed by atoms with Gasteiger partial charge in [-0.1, -0.05) is 31.2 Å². The monoisotopic (exact) mass is 203 g/mol. The van der Waals surface area contributed by atoms with Crippen LogP contribution in [0.2, 0.25) is 0 Å². The van der Waals surface area contributed by atoms with Crippen molar-refractivity contribution < 1.29 is 4.39 Å². The van der Waals surface area contributed by atoms with Gasteiger partial charge in [-0.2, -0.15) is 0 Å². The molecule has 0 aliphatic heterocycles. The van der Waals surface area contributed by atoms with E-state index in [0.29, 0.717) is 0 Å². The van der Waals surface area contributed by atoms with Crippen LogP contribution in [0.3, 0.4) is 0 Å². The van der Waals surface area contributed by atoms with Crippen LogP contribution >= 0.6 is 12.4 Å². The first-order valence-electron chi connectivity index (χ1n) is 4.18. The predicted molar refractivity (Wildman–Crippen MR) is 56.0 cm³/mol. The minimum Gasteiger partial charge on any atom is -0.322 e. The summed E-state index contributed by atoms with van der Waals surface area (Å²) in [4.78, 5) is 0. The molecule has 0 saturated carbocycles. The molecule has 0 aliphatic carbocycles. The fraction of sp³-hybridized carbons (Fsp3) is 0.400. The lowest BCUT2D eigenvalue weighted by Crippen LogP contribution is -2.11. The van der Waals surface area contributed by atoms with Crippen molar-refractivity contribution in [3.8, 4) is 0 Å². The number of aryl methyl sites for hydroxylation is 1. The van der Waals surface area contributed by atoms with E-state index in [4.69, 9.17) is 5.73 Å². The van der Waals surface area contributed by atoms with Crippen LogP contribution < -0.4 is 5.73 Å². The molecule has 1 atom stereocenters. The average molecular weight is 204 g/mol. The first-order valence-corrected chi connectivity index (χ1v) is 4.18. The van der Waals surface area contributed by atoms with Gasteiger partial charge >= 0.3 is 0 Å². The maximum atomic E-state index is 12.1. The number of alkyl halides is 1. The van der Waals surface area contributed by atoms with Crippen LogP contribution in [0.25, 0.3) is 0 Å². The molecule has 1 nitrogen and oxygen atoms in total. The van der Waals surface area contributed by atoms with Crippen molar-refractivity contribution in [2.45, 2.75) is 19.4 Å². The molecule has 74 valence electrons. The lowest BCUT2D eigenvalue weighted by molar-refractivity contribution is 0.437. The Kier molecular flexibility index (Phi) is 5.67. The fourth-order valence-electron chi connectivity index (χ4n) is 1.09. The van der Waals surface area contributed by atoms with Crippen molar-refractivity contribution in [3.63, 3.8) is 0 Å². The normalized spacial score (nSPS) is 11.9. The number of halogens is 2. The Labute approximate surface area is 84.5 Å². The molecule has 0 amide bonds. The summed E-state index contributed by atoms with van der Waals surface area (Å²) in [5, 5.41) is 0. The highest BCUT2D eigenvalue weighted by atomic mass is 35.5. The average Bonchev–Trinajstić information content (AvgIpc) is 2.17. The van der Waals surface area contributed by atoms with Crippen LogP contribution in [0.5, 0.6) is 0 Å². The van der Waals surface area contributed by atoms with Gasteiger partial charge in [0.05, 0.1) is 6.04 Å². The molecule has 1 rings (SSSR count). The quantitative estimate of drug-likeness (QED) is 0.803. The van der Waals surface area contributed by atoms with E-state index in [1.807, 2.05) is 24.3 Å². The second-order valence-electron chi connectivity index (χ2n) is 2.86. The van der Waals surface area contributed by atoms with E-state index >= 15 is 0 Å². The minimum absolute atomic E-state index is 0. The van der Waals surface area contributed by atoms with Crippen LogP contribution in [0, 0.1) is 0 Å². The molecule has 0 heterocycles. The third-order valence-electron chi connectivity index (χ3n) is 1.98. The molecule has 1 aromatic carbocycles. The van der Waals surface area contributed by atoms with Crippen molar-refractivity contribution in [2.24, 2.45) is 5.73 Å². The zero-order valence-electron chi connectivity index (χ0n) is 7.66. The topological polar surface area (TPSA) is 26.0 Å². The van der Waals surface area contributed by atoms with Crippen molar-refractivity contribution >= 4 is 12.4 Å². The second-order valence-corrected chi connectivity index (χ2v) is 2.86. The highest BCUT2D eigenvalue weighted by Gasteiger charge is 2.03. The van der Waals surface area contributed by atoms with Gasteiger partial charge in [-0.25, -0.2) is 4.39 Å². The molecule has 0 unspecified atom stereocenters. The Hall–Kier alpha value is -0.600. The van der Waals surface area contributed by atoms with Crippen LogP contribution in [0.1, 0.15) is 24.1 Å². The first-order chi connectivity index (χ1) is 5.77. The smallest absolute Gasteiger partial charge is 0.109 e. The summed E-state index contributed by atoms with van der Waals surface area (Å²) in [5.74, 6) is 0. The van der Waals surface area contributed by atoms with E-state index in [-0.39, 0.29) is 12.4 Å². The highest BCUT2D eigenvalue weighted by molar-refractivity contribution is 5.85. The SMILES string of the molecule is CCc1ccc([C@@H](N)CF)cc1.Cl. The Balaban J connectivity index is 0.00000144. The summed E-state index contributed by atoms with van der Waals surface area (Å²) in [6.07, 6.45) is 1.01. The Morgan fingerprint density at radius 1 is 1.31 bits per heavy atom. The summed E-state index contributed by atoms with van der Waals surface area (Å²) in [5.41, 5.74) is 7.64. The minimum atomic E-state index is -0.495. The molecule has 0 radical (unpaired) electrons. The zero-order chi connectivity index (χ0) is 8.97. The van der Waals surface area contributed by atoms with Crippen molar-refractivity contribution in [1.82, 2.24) is 0 Å². The predicted octanol–water partition coefficient (Wildman–Crippen LogP) is 2.64. The number of benzene rings is 1. The van der Waals surface area contributed by atoms with Crippen LogP contribution in [-0.2, 0) is 6.42 Å². The Morgan fingerprint density at radius 3 is 2.23 bits per heavy atom. The van der Waals surface area contributed by atoms with Crippen molar-refractivity contribution in [3.05, 3.63) is 35.4 Å². The number of nitrogens with two attached hydrogens (primary N) is 1. The molecule has 0 saturated heterocycles. The van der Waals surface area contributed by atoms with Crippen LogP contribution in [0.4, 0.5) is 4.39 Å². The molecule has 13 heavy (non-hydrogen) atoms. The van der Waals surface area contributed by atoms with Gasteiger partial charge in [-0.15, -0.1) is 12.4 Å². The molecular weight excluding hydrogens is 189 g/mol. The lowest BCUT2D eigenvalue weighted by atomic mass is 10.1. The summed E-state index contributed by atoms with van der Waals surface area (Å²) in [7, 11) is 0. The molecule has 0 bridgehead atoms. The van der Waals surface area contributed by atoms with Gasteiger partial charge in [0.25, 0.3) is 0 Å².